The lowest BCUT2D eigenvalue weighted by atomic mass is 10.1. The van der Waals surface area contributed by atoms with E-state index in [0.717, 1.165) is 19.6 Å². The van der Waals surface area contributed by atoms with Gasteiger partial charge in [0.1, 0.15) is 5.58 Å². The molecule has 0 spiro atoms. The number of rotatable bonds is 10. The van der Waals surface area contributed by atoms with E-state index in [1.54, 1.807) is 41.4 Å². The number of thiophene rings is 1. The van der Waals surface area contributed by atoms with Gasteiger partial charge in [0.25, 0.3) is 5.91 Å². The molecule has 4 aromatic heterocycles. The quantitative estimate of drug-likeness (QED) is 0.220. The highest BCUT2D eigenvalue weighted by atomic mass is 79.9. The number of fused-ring (bicyclic) bond motifs is 1. The first-order valence-electron chi connectivity index (χ1n) is 11.1. The van der Waals surface area contributed by atoms with E-state index in [1.807, 2.05) is 41.8 Å². The minimum atomic E-state index is -3.55. The summed E-state index contributed by atoms with van der Waals surface area (Å²) in [7, 11) is -3.55. The molecule has 4 heterocycles. The molecule has 0 radical (unpaired) electrons. The van der Waals surface area contributed by atoms with Crippen LogP contribution in [0, 0.1) is 0 Å². The molecule has 9 nitrogen and oxygen atoms in total. The molecule has 0 saturated heterocycles. The highest BCUT2D eigenvalue weighted by Gasteiger charge is 2.22. The number of para-hydroxylation sites is 1. The van der Waals surface area contributed by atoms with E-state index in [2.05, 4.69) is 36.5 Å². The van der Waals surface area contributed by atoms with Gasteiger partial charge in [0.05, 0.1) is 27.6 Å². The number of carbonyl (C=O) groups excluding carboxylic acids is 1. The Bertz CT molecular complexity index is 1630. The highest BCUT2D eigenvalue weighted by molar-refractivity contribution is 9.10. The Kier molecular flexibility index (Phi) is 7.74. The second-order valence-electron chi connectivity index (χ2n) is 7.96. The normalized spacial score (nSPS) is 11.7. The number of aromatic nitrogens is 4. The van der Waals surface area contributed by atoms with Crippen molar-refractivity contribution in [2.24, 2.45) is 0 Å². The molecule has 1 N–H and O–H groups in total. The summed E-state index contributed by atoms with van der Waals surface area (Å²) in [6, 6.07) is 15.0. The number of pyridine rings is 1. The molecular weight excluding hydrogens is 598 g/mol. The zero-order valence-corrected chi connectivity index (χ0v) is 23.2. The molecule has 0 aliphatic carbocycles. The van der Waals surface area contributed by atoms with Crippen LogP contribution >= 0.6 is 39.0 Å². The SMILES string of the molecule is O=C(NCCS(=O)(=O)Cc1cn(-c2ccc(Br)cn2)nn1)c1oc2ccccc2c1CSc1cccs1. The van der Waals surface area contributed by atoms with Crippen LogP contribution in [0.15, 0.2) is 79.4 Å². The van der Waals surface area contributed by atoms with E-state index in [9.17, 15) is 13.2 Å². The smallest absolute Gasteiger partial charge is 0.287 e. The summed E-state index contributed by atoms with van der Waals surface area (Å²) in [5.41, 5.74) is 1.69. The molecule has 190 valence electrons. The number of thioether (sulfide) groups is 1. The Labute approximate surface area is 229 Å². The summed E-state index contributed by atoms with van der Waals surface area (Å²) >= 11 is 6.57. The van der Waals surface area contributed by atoms with Crippen LogP contribution in [-0.4, -0.2) is 46.6 Å². The Hall–Kier alpha value is -3.00. The maximum Gasteiger partial charge on any atom is 0.287 e. The van der Waals surface area contributed by atoms with Crippen molar-refractivity contribution < 1.29 is 17.6 Å². The highest BCUT2D eigenvalue weighted by Crippen LogP contribution is 2.33. The predicted molar refractivity (Wildman–Crippen MR) is 147 cm³/mol. The van der Waals surface area contributed by atoms with Crippen molar-refractivity contribution in [2.45, 2.75) is 15.7 Å². The molecule has 0 unspecified atom stereocenters. The van der Waals surface area contributed by atoms with Crippen LogP contribution in [0.25, 0.3) is 16.8 Å². The Morgan fingerprint density at radius 3 is 2.81 bits per heavy atom. The van der Waals surface area contributed by atoms with Gasteiger partial charge in [-0.15, -0.1) is 28.2 Å². The summed E-state index contributed by atoms with van der Waals surface area (Å²) in [5, 5.41) is 13.5. The molecule has 0 saturated carbocycles. The van der Waals surface area contributed by atoms with Crippen LogP contribution in [0.2, 0.25) is 0 Å². The number of hydrogen-bond acceptors (Lipinski definition) is 9. The fourth-order valence-corrected chi connectivity index (χ4v) is 6.78. The number of hydrogen-bond donors (Lipinski definition) is 1. The molecule has 37 heavy (non-hydrogen) atoms. The lowest BCUT2D eigenvalue weighted by molar-refractivity contribution is 0.0929. The van der Waals surface area contributed by atoms with Gasteiger partial charge in [-0.25, -0.2) is 18.1 Å². The number of nitrogens with zero attached hydrogens (tertiary/aromatic N) is 4. The largest absolute Gasteiger partial charge is 0.451 e. The van der Waals surface area contributed by atoms with Gasteiger partial charge in [-0.3, -0.25) is 4.79 Å². The second kappa shape index (κ2) is 11.2. The monoisotopic (exact) mass is 617 g/mol. The van der Waals surface area contributed by atoms with Crippen LogP contribution in [0.3, 0.4) is 0 Å². The van der Waals surface area contributed by atoms with Gasteiger partial charge in [0.15, 0.2) is 21.4 Å². The number of sulfone groups is 1. The fraction of sp³-hybridized carbons (Fsp3) is 0.167. The molecule has 0 bridgehead atoms. The van der Waals surface area contributed by atoms with Crippen LogP contribution in [0.1, 0.15) is 21.8 Å². The Balaban J connectivity index is 1.22. The van der Waals surface area contributed by atoms with Crippen molar-refractivity contribution in [2.75, 3.05) is 12.3 Å². The van der Waals surface area contributed by atoms with Crippen molar-refractivity contribution in [3.8, 4) is 5.82 Å². The minimum Gasteiger partial charge on any atom is -0.451 e. The van der Waals surface area contributed by atoms with Crippen LogP contribution in [-0.2, 0) is 21.3 Å². The average molecular weight is 619 g/mol. The number of furan rings is 1. The van der Waals surface area contributed by atoms with E-state index in [1.165, 1.54) is 10.9 Å². The maximum atomic E-state index is 13.0. The fourth-order valence-electron chi connectivity index (χ4n) is 3.59. The molecule has 5 aromatic rings. The van der Waals surface area contributed by atoms with Gasteiger partial charge in [0.2, 0.25) is 0 Å². The van der Waals surface area contributed by atoms with Crippen LogP contribution in [0.5, 0.6) is 0 Å². The van der Waals surface area contributed by atoms with Crippen molar-refractivity contribution in [3.63, 3.8) is 0 Å². The molecule has 0 aliphatic heterocycles. The lowest BCUT2D eigenvalue weighted by Crippen LogP contribution is -2.29. The van der Waals surface area contributed by atoms with E-state index < -0.39 is 15.7 Å². The number of halogens is 1. The predicted octanol–water partition coefficient (Wildman–Crippen LogP) is 4.87. The van der Waals surface area contributed by atoms with Gasteiger partial charge in [0, 0.05) is 33.9 Å². The van der Waals surface area contributed by atoms with Gasteiger partial charge in [-0.1, -0.05) is 29.5 Å². The van der Waals surface area contributed by atoms with E-state index in [0.29, 0.717) is 22.8 Å². The number of benzene rings is 1. The third-order valence-electron chi connectivity index (χ3n) is 5.31. The molecule has 5 rings (SSSR count). The number of nitrogens with one attached hydrogen (secondary N) is 1. The van der Waals surface area contributed by atoms with Gasteiger partial charge >= 0.3 is 0 Å². The summed E-state index contributed by atoms with van der Waals surface area (Å²) in [4.78, 5) is 17.2. The van der Waals surface area contributed by atoms with Crippen molar-refractivity contribution in [1.29, 1.82) is 0 Å². The zero-order valence-electron chi connectivity index (χ0n) is 19.2. The van der Waals surface area contributed by atoms with E-state index >= 15 is 0 Å². The number of amides is 1. The van der Waals surface area contributed by atoms with E-state index in [4.69, 9.17) is 4.42 Å². The Morgan fingerprint density at radius 1 is 1.16 bits per heavy atom. The molecule has 0 aliphatic rings. The first-order valence-corrected chi connectivity index (χ1v) is 15.5. The molecule has 1 amide bonds. The zero-order chi connectivity index (χ0) is 25.8. The van der Waals surface area contributed by atoms with Gasteiger partial charge in [-0.2, -0.15) is 0 Å². The van der Waals surface area contributed by atoms with Crippen molar-refractivity contribution in [1.82, 2.24) is 25.3 Å². The summed E-state index contributed by atoms with van der Waals surface area (Å²) in [5.74, 6) is 0.286. The minimum absolute atomic E-state index is 0.0574. The molecule has 1 aromatic carbocycles. The lowest BCUT2D eigenvalue weighted by Gasteiger charge is -2.06. The topological polar surface area (TPSA) is 120 Å². The van der Waals surface area contributed by atoms with Crippen molar-refractivity contribution >= 4 is 65.7 Å². The third kappa shape index (κ3) is 6.29. The summed E-state index contributed by atoms with van der Waals surface area (Å²) < 4.78 is 34.6. The molecule has 13 heteroatoms. The molecule has 0 fully saturated rings. The van der Waals surface area contributed by atoms with Crippen LogP contribution < -0.4 is 5.32 Å². The summed E-state index contributed by atoms with van der Waals surface area (Å²) in [6.45, 7) is -0.0574. The number of carbonyl (C=O) groups is 1. The molecule has 0 atom stereocenters. The Morgan fingerprint density at radius 2 is 2.03 bits per heavy atom. The average Bonchev–Trinajstić information content (AvgIpc) is 3.63. The van der Waals surface area contributed by atoms with Crippen LogP contribution in [0.4, 0.5) is 0 Å². The van der Waals surface area contributed by atoms with Gasteiger partial charge in [-0.05, 0) is 45.6 Å². The summed E-state index contributed by atoms with van der Waals surface area (Å²) in [6.07, 6.45) is 3.14. The van der Waals surface area contributed by atoms with Gasteiger partial charge < -0.3 is 9.73 Å². The standard InChI is InChI=1S/C24H20BrN5O4S3/c25-16-7-8-21(27-12-16)30-13-17(28-29-30)15-37(32,33)11-9-26-24(31)23-19(14-36-22-6-3-10-35-22)18-4-1-2-5-20(18)34-23/h1-8,10,12-13H,9,11,14-15H2,(H,26,31). The second-order valence-corrected chi connectivity index (χ2v) is 13.3. The molecular formula is C24H20BrN5O4S3. The first kappa shape index (κ1) is 25.6. The van der Waals surface area contributed by atoms with E-state index in [-0.39, 0.29) is 23.8 Å². The van der Waals surface area contributed by atoms with Crippen molar-refractivity contribution in [3.05, 3.63) is 87.8 Å². The maximum absolute atomic E-state index is 13.0. The third-order valence-corrected chi connectivity index (χ3v) is 9.50. The first-order chi connectivity index (χ1) is 17.9.